The van der Waals surface area contributed by atoms with Crippen LogP contribution in [-0.4, -0.2) is 37.8 Å². The van der Waals surface area contributed by atoms with Gasteiger partial charge >= 0.3 is 0 Å². The second-order valence-corrected chi connectivity index (χ2v) is 7.11. The smallest absolute Gasteiger partial charge is 0.269 e. The summed E-state index contributed by atoms with van der Waals surface area (Å²) in [6.45, 7) is 9.47. The molecular formula is C17H24N6O2S. The van der Waals surface area contributed by atoms with Crippen LogP contribution in [0.15, 0.2) is 24.3 Å². The molecule has 26 heavy (non-hydrogen) atoms. The summed E-state index contributed by atoms with van der Waals surface area (Å²) >= 11 is 5.14. The van der Waals surface area contributed by atoms with Crippen LogP contribution >= 0.6 is 12.2 Å². The zero-order valence-electron chi connectivity index (χ0n) is 15.4. The van der Waals surface area contributed by atoms with E-state index < -0.39 is 0 Å². The normalized spacial score (nSPS) is 10.8. The van der Waals surface area contributed by atoms with Crippen molar-refractivity contribution in [3.8, 4) is 5.75 Å². The van der Waals surface area contributed by atoms with Crippen molar-refractivity contribution in [2.24, 2.45) is 11.8 Å². The second kappa shape index (κ2) is 9.23. The number of thiocarbonyl (C=S) groups is 1. The van der Waals surface area contributed by atoms with Gasteiger partial charge in [0.15, 0.2) is 5.11 Å². The van der Waals surface area contributed by atoms with Gasteiger partial charge in [-0.25, -0.2) is 0 Å². The zero-order chi connectivity index (χ0) is 19.1. The molecule has 140 valence electrons. The Morgan fingerprint density at radius 1 is 1.27 bits per heavy atom. The average molecular weight is 376 g/mol. The van der Waals surface area contributed by atoms with Gasteiger partial charge in [0.2, 0.25) is 0 Å². The third-order valence-electron chi connectivity index (χ3n) is 3.11. The third kappa shape index (κ3) is 6.40. The number of nitrogens with one attached hydrogen (secondary N) is 2. The molecule has 1 aromatic heterocycles. The Morgan fingerprint density at radius 3 is 2.73 bits per heavy atom. The van der Waals surface area contributed by atoms with E-state index in [2.05, 4.69) is 53.7 Å². The van der Waals surface area contributed by atoms with Crippen LogP contribution < -0.4 is 15.4 Å². The average Bonchev–Trinajstić information content (AvgIpc) is 2.99. The van der Waals surface area contributed by atoms with Gasteiger partial charge in [-0.15, -0.1) is 5.10 Å². The lowest BCUT2D eigenvalue weighted by Gasteiger charge is -2.10. The Morgan fingerprint density at radius 2 is 2.04 bits per heavy atom. The fourth-order valence-electron chi connectivity index (χ4n) is 2.00. The van der Waals surface area contributed by atoms with Gasteiger partial charge in [-0.3, -0.25) is 15.4 Å². The summed E-state index contributed by atoms with van der Waals surface area (Å²) < 4.78 is 5.63. The van der Waals surface area contributed by atoms with Gasteiger partial charge in [0, 0.05) is 5.56 Å². The molecule has 0 atom stereocenters. The van der Waals surface area contributed by atoms with Gasteiger partial charge in [-0.05, 0) is 47.5 Å². The van der Waals surface area contributed by atoms with Crippen molar-refractivity contribution < 1.29 is 9.53 Å². The van der Waals surface area contributed by atoms with Gasteiger partial charge in [-0.2, -0.15) is 4.80 Å². The predicted octanol–water partition coefficient (Wildman–Crippen LogP) is 2.49. The highest BCUT2D eigenvalue weighted by atomic mass is 32.1. The third-order valence-corrected chi connectivity index (χ3v) is 3.32. The highest BCUT2D eigenvalue weighted by molar-refractivity contribution is 7.80. The Hall–Kier alpha value is -2.55. The first-order valence-corrected chi connectivity index (χ1v) is 8.87. The molecule has 0 radical (unpaired) electrons. The van der Waals surface area contributed by atoms with Crippen molar-refractivity contribution in [2.75, 3.05) is 11.9 Å². The van der Waals surface area contributed by atoms with Gasteiger partial charge in [0.05, 0.1) is 13.2 Å². The van der Waals surface area contributed by atoms with Crippen molar-refractivity contribution in [3.05, 3.63) is 29.8 Å². The fourth-order valence-corrected chi connectivity index (χ4v) is 2.18. The summed E-state index contributed by atoms with van der Waals surface area (Å²) in [7, 11) is 0. The maximum absolute atomic E-state index is 12.3. The van der Waals surface area contributed by atoms with Crippen LogP contribution in [0, 0.1) is 11.8 Å². The molecular weight excluding hydrogens is 352 g/mol. The zero-order valence-corrected chi connectivity index (χ0v) is 16.2. The molecule has 0 spiro atoms. The van der Waals surface area contributed by atoms with Crippen LogP contribution in [0.5, 0.6) is 5.75 Å². The highest BCUT2D eigenvalue weighted by Crippen LogP contribution is 2.14. The first kappa shape index (κ1) is 19.8. The fraction of sp³-hybridized carbons (Fsp3) is 0.471. The number of aromatic nitrogens is 4. The van der Waals surface area contributed by atoms with Crippen molar-refractivity contribution >= 4 is 29.2 Å². The number of carbonyl (C=O) groups excluding carboxylic acids is 1. The maximum atomic E-state index is 12.3. The molecule has 1 aromatic carbocycles. The molecule has 0 bridgehead atoms. The molecule has 0 saturated carbocycles. The summed E-state index contributed by atoms with van der Waals surface area (Å²) in [6, 6.07) is 6.95. The summed E-state index contributed by atoms with van der Waals surface area (Å²) in [5, 5.41) is 17.4. The number of rotatable bonds is 7. The van der Waals surface area contributed by atoms with E-state index in [1.165, 1.54) is 4.80 Å². The molecule has 1 heterocycles. The lowest BCUT2D eigenvalue weighted by Crippen LogP contribution is -2.34. The minimum Gasteiger partial charge on any atom is -0.493 e. The van der Waals surface area contributed by atoms with E-state index in [1.54, 1.807) is 18.2 Å². The van der Waals surface area contributed by atoms with E-state index >= 15 is 0 Å². The summed E-state index contributed by atoms with van der Waals surface area (Å²) in [6.07, 6.45) is 0. The van der Waals surface area contributed by atoms with Crippen LogP contribution in [0.1, 0.15) is 38.1 Å². The van der Waals surface area contributed by atoms with Crippen molar-refractivity contribution in [3.63, 3.8) is 0 Å². The van der Waals surface area contributed by atoms with Crippen LogP contribution in [0.25, 0.3) is 0 Å². The van der Waals surface area contributed by atoms with E-state index in [-0.39, 0.29) is 17.0 Å². The summed E-state index contributed by atoms with van der Waals surface area (Å²) in [5.74, 6) is 1.34. The quantitative estimate of drug-likeness (QED) is 0.717. The van der Waals surface area contributed by atoms with E-state index in [9.17, 15) is 4.79 Å². The number of nitrogens with zero attached hydrogens (tertiary/aromatic N) is 4. The molecule has 0 fully saturated rings. The molecule has 0 aliphatic rings. The molecule has 8 nitrogen and oxygen atoms in total. The molecule has 0 unspecified atom stereocenters. The number of ether oxygens (including phenoxy) is 1. The van der Waals surface area contributed by atoms with Gasteiger partial charge < -0.3 is 4.74 Å². The number of tetrazole rings is 1. The number of hydrogen-bond acceptors (Lipinski definition) is 6. The minimum absolute atomic E-state index is 0.104. The first-order valence-electron chi connectivity index (χ1n) is 8.46. The number of anilines is 1. The van der Waals surface area contributed by atoms with E-state index in [0.29, 0.717) is 36.3 Å². The number of amides is 1. The van der Waals surface area contributed by atoms with E-state index in [4.69, 9.17) is 17.0 Å². The number of benzene rings is 1. The van der Waals surface area contributed by atoms with Gasteiger partial charge in [-0.1, -0.05) is 38.9 Å². The Bertz CT molecular complexity index is 759. The molecule has 9 heteroatoms. The SMILES string of the molecule is CC(C)COc1cccc(C(=O)NC(=S)Nc2nnn(CC(C)C)n2)c1. The van der Waals surface area contributed by atoms with E-state index in [0.717, 1.165) is 0 Å². The maximum Gasteiger partial charge on any atom is 0.269 e. The lowest BCUT2D eigenvalue weighted by atomic mass is 10.2. The topological polar surface area (TPSA) is 94.0 Å². The molecule has 0 aliphatic heterocycles. The molecule has 2 rings (SSSR count). The van der Waals surface area contributed by atoms with E-state index in [1.807, 2.05) is 6.07 Å². The van der Waals surface area contributed by atoms with Gasteiger partial charge in [0.1, 0.15) is 5.75 Å². The lowest BCUT2D eigenvalue weighted by molar-refractivity contribution is 0.0977. The Balaban J connectivity index is 1.91. The monoisotopic (exact) mass is 376 g/mol. The molecule has 0 saturated heterocycles. The molecule has 0 aliphatic carbocycles. The number of hydrogen-bond donors (Lipinski definition) is 2. The Kier molecular flexibility index (Phi) is 7.02. The van der Waals surface area contributed by atoms with Crippen LogP contribution in [0.3, 0.4) is 0 Å². The molecule has 1 amide bonds. The summed E-state index contributed by atoms with van der Waals surface area (Å²) in [5.41, 5.74) is 0.451. The number of carbonyl (C=O) groups is 1. The second-order valence-electron chi connectivity index (χ2n) is 6.70. The highest BCUT2D eigenvalue weighted by Gasteiger charge is 2.11. The van der Waals surface area contributed by atoms with Crippen molar-refractivity contribution in [1.29, 1.82) is 0 Å². The predicted molar refractivity (Wildman–Crippen MR) is 103 cm³/mol. The first-order chi connectivity index (χ1) is 12.3. The standard InChI is InChI=1S/C17H24N6O2S/c1-11(2)9-23-21-16(20-22-23)19-17(26)18-15(24)13-6-5-7-14(8-13)25-10-12(3)4/h5-8,11-12H,9-10H2,1-4H3,(H2,18,19,21,24,26). The Labute approximate surface area is 158 Å². The minimum atomic E-state index is -0.341. The van der Waals surface area contributed by atoms with Gasteiger partial charge in [0.25, 0.3) is 11.9 Å². The molecule has 2 aromatic rings. The summed E-state index contributed by atoms with van der Waals surface area (Å²) in [4.78, 5) is 13.8. The van der Waals surface area contributed by atoms with Crippen molar-refractivity contribution in [2.45, 2.75) is 34.2 Å². The van der Waals surface area contributed by atoms with Crippen LogP contribution in [-0.2, 0) is 6.54 Å². The molecule has 2 N–H and O–H groups in total. The van der Waals surface area contributed by atoms with Crippen molar-refractivity contribution in [1.82, 2.24) is 25.5 Å². The van der Waals surface area contributed by atoms with Crippen LogP contribution in [0.4, 0.5) is 5.95 Å². The largest absolute Gasteiger partial charge is 0.493 e. The van der Waals surface area contributed by atoms with Crippen LogP contribution in [0.2, 0.25) is 0 Å².